The summed E-state index contributed by atoms with van der Waals surface area (Å²) in [6.45, 7) is 0. The van der Waals surface area contributed by atoms with E-state index in [1.165, 1.54) is 5.56 Å². The Labute approximate surface area is 143 Å². The quantitative estimate of drug-likeness (QED) is 0.508. The van der Waals surface area contributed by atoms with Crippen molar-refractivity contribution in [2.75, 3.05) is 0 Å². The van der Waals surface area contributed by atoms with Crippen LogP contribution in [0, 0.1) is 0 Å². The van der Waals surface area contributed by atoms with Crippen LogP contribution in [0.2, 0.25) is 0 Å². The summed E-state index contributed by atoms with van der Waals surface area (Å²) in [5.41, 5.74) is 5.85. The van der Waals surface area contributed by atoms with Crippen molar-refractivity contribution in [3.05, 3.63) is 72.5 Å². The van der Waals surface area contributed by atoms with Crippen LogP contribution in [0.15, 0.2) is 65.7 Å². The molecular formula is C19H15N5O. The molecule has 0 aliphatic rings. The molecule has 4 heterocycles. The minimum absolute atomic E-state index is 0.756. The first kappa shape index (κ1) is 14.0. The van der Waals surface area contributed by atoms with Crippen LogP contribution < -0.4 is 0 Å². The molecule has 5 rings (SSSR count). The van der Waals surface area contributed by atoms with Crippen LogP contribution in [0.3, 0.4) is 0 Å². The third-order valence-electron chi connectivity index (χ3n) is 4.34. The Balaban J connectivity index is 1.56. The Morgan fingerprint density at radius 1 is 1.08 bits per heavy atom. The Hall–Kier alpha value is -3.41. The first-order valence-corrected chi connectivity index (χ1v) is 8.05. The zero-order valence-electron chi connectivity index (χ0n) is 13.6. The molecular weight excluding hydrogens is 314 g/mol. The average Bonchev–Trinajstić information content (AvgIpc) is 3.34. The van der Waals surface area contributed by atoms with Gasteiger partial charge in [-0.3, -0.25) is 4.68 Å². The SMILES string of the molecule is Cn1cc(-c2ccc3ncc(Cc4ccc5occc5c4)n3n2)cn1. The molecule has 4 aromatic heterocycles. The number of hydrogen-bond acceptors (Lipinski definition) is 4. The van der Waals surface area contributed by atoms with Gasteiger partial charge in [-0.25, -0.2) is 9.50 Å². The maximum Gasteiger partial charge on any atom is 0.153 e. The van der Waals surface area contributed by atoms with E-state index in [1.54, 1.807) is 10.9 Å². The molecule has 5 aromatic rings. The van der Waals surface area contributed by atoms with Gasteiger partial charge in [0.25, 0.3) is 0 Å². The van der Waals surface area contributed by atoms with E-state index in [2.05, 4.69) is 22.2 Å². The van der Waals surface area contributed by atoms with Crippen molar-refractivity contribution in [2.24, 2.45) is 7.05 Å². The van der Waals surface area contributed by atoms with Gasteiger partial charge in [-0.05, 0) is 35.9 Å². The highest BCUT2D eigenvalue weighted by Gasteiger charge is 2.09. The van der Waals surface area contributed by atoms with E-state index in [1.807, 2.05) is 54.4 Å². The number of aromatic nitrogens is 5. The van der Waals surface area contributed by atoms with E-state index < -0.39 is 0 Å². The number of aryl methyl sites for hydroxylation is 1. The number of nitrogens with zero attached hydrogens (tertiary/aromatic N) is 5. The fourth-order valence-electron chi connectivity index (χ4n) is 3.08. The van der Waals surface area contributed by atoms with Gasteiger partial charge in [0.2, 0.25) is 0 Å². The van der Waals surface area contributed by atoms with Crippen LogP contribution in [0.4, 0.5) is 0 Å². The molecule has 25 heavy (non-hydrogen) atoms. The molecule has 1 aromatic carbocycles. The fourth-order valence-corrected chi connectivity index (χ4v) is 3.08. The summed E-state index contributed by atoms with van der Waals surface area (Å²) in [7, 11) is 1.90. The number of imidazole rings is 1. The molecule has 6 nitrogen and oxygen atoms in total. The molecule has 0 fully saturated rings. The molecule has 122 valence electrons. The van der Waals surface area contributed by atoms with E-state index in [-0.39, 0.29) is 0 Å². The summed E-state index contributed by atoms with van der Waals surface area (Å²) in [6, 6.07) is 12.2. The molecule has 0 saturated heterocycles. The fraction of sp³-hybridized carbons (Fsp3) is 0.105. The molecule has 0 spiro atoms. The zero-order chi connectivity index (χ0) is 16.8. The molecule has 6 heteroatoms. The minimum atomic E-state index is 0.756. The molecule has 0 saturated carbocycles. The second kappa shape index (κ2) is 5.31. The molecule has 0 amide bonds. The summed E-state index contributed by atoms with van der Waals surface area (Å²) in [6.07, 6.45) is 8.13. The van der Waals surface area contributed by atoms with Gasteiger partial charge < -0.3 is 4.42 Å². The van der Waals surface area contributed by atoms with E-state index in [0.29, 0.717) is 0 Å². The van der Waals surface area contributed by atoms with Crippen LogP contribution in [-0.4, -0.2) is 24.4 Å². The predicted octanol–water partition coefficient (Wildman–Crippen LogP) is 3.47. The van der Waals surface area contributed by atoms with E-state index in [4.69, 9.17) is 9.52 Å². The molecule has 0 radical (unpaired) electrons. The molecule has 0 N–H and O–H groups in total. The first-order chi connectivity index (χ1) is 12.3. The van der Waals surface area contributed by atoms with Crippen molar-refractivity contribution in [1.82, 2.24) is 24.4 Å². The van der Waals surface area contributed by atoms with Crippen LogP contribution >= 0.6 is 0 Å². The molecule has 0 atom stereocenters. The highest BCUT2D eigenvalue weighted by atomic mass is 16.3. The van der Waals surface area contributed by atoms with E-state index in [0.717, 1.165) is 40.0 Å². The Bertz CT molecular complexity index is 1200. The summed E-state index contributed by atoms with van der Waals surface area (Å²) in [5, 5.41) is 10.1. The van der Waals surface area contributed by atoms with Crippen molar-refractivity contribution >= 4 is 16.6 Å². The van der Waals surface area contributed by atoms with Crippen LogP contribution in [0.1, 0.15) is 11.3 Å². The highest BCUT2D eigenvalue weighted by Crippen LogP contribution is 2.21. The number of benzene rings is 1. The normalized spacial score (nSPS) is 11.6. The smallest absolute Gasteiger partial charge is 0.153 e. The molecule has 0 aliphatic heterocycles. The standard InChI is InChI=1S/C19H15N5O/c1-23-12-15(10-21-23)17-3-5-19-20-11-16(24(19)22-17)9-13-2-4-18-14(8-13)6-7-25-18/h2-8,10-12H,9H2,1H3. The predicted molar refractivity (Wildman–Crippen MR) is 94.2 cm³/mol. The van der Waals surface area contributed by atoms with Crippen molar-refractivity contribution < 1.29 is 4.42 Å². The minimum Gasteiger partial charge on any atom is -0.464 e. The number of furan rings is 1. The van der Waals surface area contributed by atoms with Crippen LogP contribution in [0.5, 0.6) is 0 Å². The topological polar surface area (TPSA) is 61.2 Å². The van der Waals surface area contributed by atoms with Crippen LogP contribution in [0.25, 0.3) is 27.9 Å². The monoisotopic (exact) mass is 329 g/mol. The number of rotatable bonds is 3. The lowest BCUT2D eigenvalue weighted by Crippen LogP contribution is -2.00. The summed E-state index contributed by atoms with van der Waals surface area (Å²) < 4.78 is 9.09. The Morgan fingerprint density at radius 2 is 2.04 bits per heavy atom. The van der Waals surface area contributed by atoms with Crippen LogP contribution in [-0.2, 0) is 13.5 Å². The lowest BCUT2D eigenvalue weighted by Gasteiger charge is -2.04. The Kier molecular flexibility index (Phi) is 2.97. The lowest BCUT2D eigenvalue weighted by molar-refractivity contribution is 0.616. The van der Waals surface area contributed by atoms with Crippen molar-refractivity contribution in [2.45, 2.75) is 6.42 Å². The third-order valence-corrected chi connectivity index (χ3v) is 4.34. The van der Waals surface area contributed by atoms with Crippen molar-refractivity contribution in [3.63, 3.8) is 0 Å². The Morgan fingerprint density at radius 3 is 2.92 bits per heavy atom. The summed E-state index contributed by atoms with van der Waals surface area (Å²) in [5.74, 6) is 0. The van der Waals surface area contributed by atoms with Gasteiger partial charge in [0.05, 0.1) is 30.0 Å². The van der Waals surface area contributed by atoms with Gasteiger partial charge in [0.15, 0.2) is 5.65 Å². The maximum atomic E-state index is 5.41. The average molecular weight is 329 g/mol. The van der Waals surface area contributed by atoms with Gasteiger partial charge in [-0.1, -0.05) is 6.07 Å². The van der Waals surface area contributed by atoms with Crippen molar-refractivity contribution in [1.29, 1.82) is 0 Å². The van der Waals surface area contributed by atoms with Gasteiger partial charge in [0.1, 0.15) is 5.58 Å². The molecule has 0 aliphatic carbocycles. The number of hydrogen-bond donors (Lipinski definition) is 0. The highest BCUT2D eigenvalue weighted by molar-refractivity contribution is 5.77. The molecule has 0 bridgehead atoms. The van der Waals surface area contributed by atoms with E-state index in [9.17, 15) is 0 Å². The second-order valence-corrected chi connectivity index (χ2v) is 6.11. The van der Waals surface area contributed by atoms with E-state index >= 15 is 0 Å². The lowest BCUT2D eigenvalue weighted by atomic mass is 10.1. The first-order valence-electron chi connectivity index (χ1n) is 8.05. The van der Waals surface area contributed by atoms with Gasteiger partial charge in [-0.2, -0.15) is 10.2 Å². The van der Waals surface area contributed by atoms with Gasteiger partial charge in [0, 0.05) is 30.6 Å². The second-order valence-electron chi connectivity index (χ2n) is 6.11. The zero-order valence-corrected chi connectivity index (χ0v) is 13.6. The largest absolute Gasteiger partial charge is 0.464 e. The third kappa shape index (κ3) is 2.39. The molecule has 0 unspecified atom stereocenters. The van der Waals surface area contributed by atoms with Gasteiger partial charge >= 0.3 is 0 Å². The summed E-state index contributed by atoms with van der Waals surface area (Å²) in [4.78, 5) is 4.47. The number of fused-ring (bicyclic) bond motifs is 2. The van der Waals surface area contributed by atoms with Gasteiger partial charge in [-0.15, -0.1) is 0 Å². The maximum absolute atomic E-state index is 5.41. The van der Waals surface area contributed by atoms with Crippen molar-refractivity contribution in [3.8, 4) is 11.3 Å². The summed E-state index contributed by atoms with van der Waals surface area (Å²) >= 11 is 0.